The van der Waals surface area contributed by atoms with Crippen LogP contribution in [0.4, 0.5) is 4.79 Å². The van der Waals surface area contributed by atoms with E-state index in [9.17, 15) is 9.59 Å². The summed E-state index contributed by atoms with van der Waals surface area (Å²) in [6.07, 6.45) is 2.16. The van der Waals surface area contributed by atoms with Gasteiger partial charge in [-0.25, -0.2) is 14.7 Å². The van der Waals surface area contributed by atoms with Crippen LogP contribution in [0.15, 0.2) is 17.9 Å². The molecule has 0 aliphatic carbocycles. The lowest BCUT2D eigenvalue weighted by Crippen LogP contribution is -2.56. The highest BCUT2D eigenvalue weighted by Crippen LogP contribution is 2.49. The molecule has 9 heteroatoms. The van der Waals surface area contributed by atoms with E-state index in [1.807, 2.05) is 38.0 Å². The molecular formula is C26H36N2O7. The Labute approximate surface area is 206 Å². The van der Waals surface area contributed by atoms with Crippen LogP contribution in [0.25, 0.3) is 5.57 Å². The van der Waals surface area contributed by atoms with Gasteiger partial charge >= 0.3 is 6.16 Å². The molecule has 0 radical (unpaired) electrons. The zero-order chi connectivity index (χ0) is 25.2. The SMILES string of the molecule is CCOC(=O)OC1=C(c2c(C)cc(C)cc2C)C(=O)N(OC2CCCCO2)C12CCN(OC)CC2. The van der Waals surface area contributed by atoms with Gasteiger partial charge in [0.25, 0.3) is 5.91 Å². The Balaban J connectivity index is 1.85. The summed E-state index contributed by atoms with van der Waals surface area (Å²) in [4.78, 5) is 38.5. The molecule has 1 aromatic rings. The lowest BCUT2D eigenvalue weighted by atomic mass is 9.84. The van der Waals surface area contributed by atoms with Gasteiger partial charge in [0.2, 0.25) is 0 Å². The minimum atomic E-state index is -0.987. The van der Waals surface area contributed by atoms with Crippen molar-refractivity contribution in [3.63, 3.8) is 0 Å². The van der Waals surface area contributed by atoms with Crippen molar-refractivity contribution >= 4 is 17.6 Å². The summed E-state index contributed by atoms with van der Waals surface area (Å²) in [5, 5.41) is 3.24. The average Bonchev–Trinajstić information content (AvgIpc) is 3.02. The Bertz CT molecular complexity index is 968. The topological polar surface area (TPSA) is 86.8 Å². The monoisotopic (exact) mass is 488 g/mol. The van der Waals surface area contributed by atoms with Crippen molar-refractivity contribution < 1.29 is 33.5 Å². The van der Waals surface area contributed by atoms with Crippen LogP contribution in [0.2, 0.25) is 0 Å². The van der Waals surface area contributed by atoms with Crippen LogP contribution in [0, 0.1) is 20.8 Å². The molecule has 1 unspecified atom stereocenters. The Kier molecular flexibility index (Phi) is 7.80. The highest BCUT2D eigenvalue weighted by Gasteiger charge is 2.58. The van der Waals surface area contributed by atoms with E-state index < -0.39 is 18.0 Å². The molecule has 2 saturated heterocycles. The van der Waals surface area contributed by atoms with E-state index in [1.165, 1.54) is 5.06 Å². The van der Waals surface area contributed by atoms with Crippen molar-refractivity contribution in [3.05, 3.63) is 40.1 Å². The second-order valence-electron chi connectivity index (χ2n) is 9.41. The lowest BCUT2D eigenvalue weighted by Gasteiger charge is -2.44. The van der Waals surface area contributed by atoms with Crippen molar-refractivity contribution in [2.75, 3.05) is 33.4 Å². The molecule has 0 bridgehead atoms. The number of hydrogen-bond donors (Lipinski definition) is 0. The first kappa shape index (κ1) is 25.6. The van der Waals surface area contributed by atoms with Crippen LogP contribution in [0.1, 0.15) is 61.3 Å². The molecule has 0 saturated carbocycles. The number of ether oxygens (including phenoxy) is 3. The molecular weight excluding hydrogens is 452 g/mol. The van der Waals surface area contributed by atoms with Crippen molar-refractivity contribution in [2.45, 2.75) is 71.6 Å². The van der Waals surface area contributed by atoms with E-state index >= 15 is 0 Å². The summed E-state index contributed by atoms with van der Waals surface area (Å²) in [7, 11) is 1.62. The van der Waals surface area contributed by atoms with Gasteiger partial charge in [0.1, 0.15) is 5.54 Å². The maximum atomic E-state index is 14.2. The van der Waals surface area contributed by atoms with E-state index in [0.29, 0.717) is 44.5 Å². The largest absolute Gasteiger partial charge is 0.513 e. The first-order valence-corrected chi connectivity index (χ1v) is 12.4. The number of carbonyl (C=O) groups excluding carboxylic acids is 2. The van der Waals surface area contributed by atoms with Gasteiger partial charge < -0.3 is 19.0 Å². The fourth-order valence-electron chi connectivity index (χ4n) is 5.42. The van der Waals surface area contributed by atoms with Crippen molar-refractivity contribution in [1.82, 2.24) is 10.1 Å². The van der Waals surface area contributed by atoms with Crippen LogP contribution < -0.4 is 0 Å². The van der Waals surface area contributed by atoms with Crippen LogP contribution in [-0.2, 0) is 28.7 Å². The van der Waals surface area contributed by atoms with Gasteiger partial charge in [0, 0.05) is 26.1 Å². The molecule has 0 N–H and O–H groups in total. The number of piperidine rings is 1. The van der Waals surface area contributed by atoms with Gasteiger partial charge in [-0.3, -0.25) is 4.79 Å². The van der Waals surface area contributed by atoms with Gasteiger partial charge in [-0.1, -0.05) is 17.7 Å². The average molecular weight is 489 g/mol. The molecule has 1 amide bonds. The summed E-state index contributed by atoms with van der Waals surface area (Å²) in [5.74, 6) is -0.0537. The molecule has 9 nitrogen and oxygen atoms in total. The Morgan fingerprint density at radius 2 is 1.83 bits per heavy atom. The summed E-state index contributed by atoms with van der Waals surface area (Å²) < 4.78 is 16.8. The lowest BCUT2D eigenvalue weighted by molar-refractivity contribution is -0.309. The molecule has 35 heavy (non-hydrogen) atoms. The van der Waals surface area contributed by atoms with Crippen LogP contribution in [-0.4, -0.2) is 67.4 Å². The number of carbonyl (C=O) groups is 2. The van der Waals surface area contributed by atoms with E-state index in [4.69, 9.17) is 23.9 Å². The number of nitrogens with zero attached hydrogens (tertiary/aromatic N) is 2. The zero-order valence-corrected chi connectivity index (χ0v) is 21.3. The third kappa shape index (κ3) is 4.95. The molecule has 3 heterocycles. The van der Waals surface area contributed by atoms with Crippen LogP contribution in [0.5, 0.6) is 0 Å². The van der Waals surface area contributed by atoms with Gasteiger partial charge in [-0.05, 0) is 70.1 Å². The van der Waals surface area contributed by atoms with Gasteiger partial charge in [0.05, 0.1) is 19.3 Å². The van der Waals surface area contributed by atoms with Crippen molar-refractivity contribution in [3.8, 4) is 0 Å². The molecule has 1 atom stereocenters. The predicted molar refractivity (Wildman–Crippen MR) is 128 cm³/mol. The Morgan fingerprint density at radius 3 is 2.40 bits per heavy atom. The minimum Gasteiger partial charge on any atom is -0.434 e. The fraction of sp³-hybridized carbons (Fsp3) is 0.615. The number of amides is 1. The predicted octanol–water partition coefficient (Wildman–Crippen LogP) is 4.19. The zero-order valence-electron chi connectivity index (χ0n) is 21.3. The maximum absolute atomic E-state index is 14.2. The van der Waals surface area contributed by atoms with Crippen LogP contribution in [0.3, 0.4) is 0 Å². The van der Waals surface area contributed by atoms with E-state index in [0.717, 1.165) is 35.1 Å². The molecule has 3 aliphatic heterocycles. The summed E-state index contributed by atoms with van der Waals surface area (Å²) in [5.41, 5.74) is 3.05. The van der Waals surface area contributed by atoms with Crippen molar-refractivity contribution in [1.29, 1.82) is 0 Å². The first-order valence-electron chi connectivity index (χ1n) is 12.4. The summed E-state index contributed by atoms with van der Waals surface area (Å²) >= 11 is 0. The van der Waals surface area contributed by atoms with E-state index in [1.54, 1.807) is 14.0 Å². The number of aryl methyl sites for hydroxylation is 3. The Hall–Kier alpha value is -2.46. The fourth-order valence-corrected chi connectivity index (χ4v) is 5.42. The molecule has 0 aromatic heterocycles. The molecule has 4 rings (SSSR count). The number of hydroxylamine groups is 4. The standard InChI is InChI=1S/C26H36N2O7/c1-6-32-25(30)34-23-22(21-18(3)15-17(2)16-19(21)4)24(29)28(35-20-9-7-8-14-33-20)26(23)10-12-27(31-5)13-11-26/h15-16,20H,6-14H2,1-5H3. The van der Waals surface area contributed by atoms with E-state index in [2.05, 4.69) is 0 Å². The second kappa shape index (κ2) is 10.7. The normalized spacial score (nSPS) is 22.7. The minimum absolute atomic E-state index is 0.165. The highest BCUT2D eigenvalue weighted by atomic mass is 16.8. The summed E-state index contributed by atoms with van der Waals surface area (Å²) in [6, 6.07) is 4.05. The molecule has 1 spiro atoms. The quantitative estimate of drug-likeness (QED) is 0.551. The van der Waals surface area contributed by atoms with Crippen LogP contribution >= 0.6 is 0 Å². The smallest absolute Gasteiger partial charge is 0.434 e. The second-order valence-corrected chi connectivity index (χ2v) is 9.41. The number of rotatable bonds is 6. The third-order valence-corrected chi connectivity index (χ3v) is 6.98. The number of benzene rings is 1. The summed E-state index contributed by atoms with van der Waals surface area (Å²) in [6.45, 7) is 9.47. The number of hydrogen-bond acceptors (Lipinski definition) is 8. The molecule has 192 valence electrons. The maximum Gasteiger partial charge on any atom is 0.513 e. The first-order chi connectivity index (χ1) is 16.8. The van der Waals surface area contributed by atoms with Crippen molar-refractivity contribution in [2.24, 2.45) is 0 Å². The van der Waals surface area contributed by atoms with Gasteiger partial charge in [0.15, 0.2) is 12.0 Å². The van der Waals surface area contributed by atoms with Gasteiger partial charge in [-0.2, -0.15) is 5.06 Å². The molecule has 1 aromatic carbocycles. The highest BCUT2D eigenvalue weighted by molar-refractivity contribution is 6.23. The third-order valence-electron chi connectivity index (χ3n) is 6.98. The molecule has 2 fully saturated rings. The van der Waals surface area contributed by atoms with E-state index in [-0.39, 0.29) is 18.3 Å². The Morgan fingerprint density at radius 1 is 1.14 bits per heavy atom. The molecule has 3 aliphatic rings. The van der Waals surface area contributed by atoms with Gasteiger partial charge in [-0.15, -0.1) is 0 Å².